The number of ether oxygens (including phenoxy) is 4. The maximum atomic E-state index is 12.4. The van der Waals surface area contributed by atoms with E-state index < -0.39 is 6.04 Å². The zero-order valence-corrected chi connectivity index (χ0v) is 16.4. The minimum atomic E-state index is -0.479. The van der Waals surface area contributed by atoms with E-state index in [0.717, 1.165) is 27.7 Å². The van der Waals surface area contributed by atoms with Crippen molar-refractivity contribution in [2.24, 2.45) is 0 Å². The molecule has 2 aromatic carbocycles. The maximum Gasteiger partial charge on any atom is 0.323 e. The fourth-order valence-corrected chi connectivity index (χ4v) is 4.13. The molecular weight excluding hydrogens is 384 g/mol. The lowest BCUT2D eigenvalue weighted by Gasteiger charge is -2.30. The van der Waals surface area contributed by atoms with Crippen molar-refractivity contribution in [1.29, 1.82) is 0 Å². The van der Waals surface area contributed by atoms with Crippen LogP contribution in [0.3, 0.4) is 0 Å². The van der Waals surface area contributed by atoms with Gasteiger partial charge in [0.1, 0.15) is 18.4 Å². The standard InChI is InChI=1S/C23H20N2O5/c1-3-8-28-14-5-6-17-15(10-14)16-11-18(23(26)27-2)25-21(22(16)24-17)13-4-7-19-20(9-13)30-12-29-19/h1,4-7,9-10,18,21,24-25H,8,11-12H2,2H3/t18-,21-/m0/s1. The average Bonchev–Trinajstić information content (AvgIpc) is 3.40. The lowest BCUT2D eigenvalue weighted by Crippen LogP contribution is -2.45. The lowest BCUT2D eigenvalue weighted by atomic mass is 9.90. The molecule has 3 heterocycles. The van der Waals surface area contributed by atoms with Crippen LogP contribution in [0, 0.1) is 12.3 Å². The number of hydrogen-bond acceptors (Lipinski definition) is 6. The van der Waals surface area contributed by atoms with Gasteiger partial charge in [-0.05, 0) is 41.5 Å². The number of fused-ring (bicyclic) bond motifs is 4. The minimum Gasteiger partial charge on any atom is -0.481 e. The molecule has 0 bridgehead atoms. The summed E-state index contributed by atoms with van der Waals surface area (Å²) in [7, 11) is 1.40. The molecule has 2 aliphatic rings. The van der Waals surface area contributed by atoms with Crippen LogP contribution in [0.2, 0.25) is 0 Å². The van der Waals surface area contributed by atoms with E-state index >= 15 is 0 Å². The van der Waals surface area contributed by atoms with E-state index in [1.165, 1.54) is 7.11 Å². The number of H-pyrrole nitrogens is 1. The third-order valence-corrected chi connectivity index (χ3v) is 5.51. The highest BCUT2D eigenvalue weighted by atomic mass is 16.7. The van der Waals surface area contributed by atoms with E-state index in [9.17, 15) is 4.79 Å². The quantitative estimate of drug-likeness (QED) is 0.514. The van der Waals surface area contributed by atoms with Crippen molar-refractivity contribution in [3.05, 3.63) is 53.2 Å². The van der Waals surface area contributed by atoms with Crippen LogP contribution >= 0.6 is 0 Å². The van der Waals surface area contributed by atoms with Gasteiger partial charge >= 0.3 is 5.97 Å². The van der Waals surface area contributed by atoms with Crippen LogP contribution in [0.25, 0.3) is 10.9 Å². The molecule has 1 aromatic heterocycles. The Bertz CT molecular complexity index is 1180. The van der Waals surface area contributed by atoms with Gasteiger partial charge in [-0.25, -0.2) is 0 Å². The Balaban J connectivity index is 1.62. The van der Waals surface area contributed by atoms with E-state index in [2.05, 4.69) is 16.2 Å². The summed E-state index contributed by atoms with van der Waals surface area (Å²) in [6.45, 7) is 0.407. The molecule has 2 atom stereocenters. The van der Waals surface area contributed by atoms with Crippen LogP contribution in [-0.2, 0) is 16.0 Å². The van der Waals surface area contributed by atoms with Crippen LogP contribution < -0.4 is 19.5 Å². The van der Waals surface area contributed by atoms with Gasteiger partial charge in [0.05, 0.1) is 13.2 Å². The zero-order chi connectivity index (χ0) is 20.7. The predicted molar refractivity (Wildman–Crippen MR) is 110 cm³/mol. The summed E-state index contributed by atoms with van der Waals surface area (Å²) in [6, 6.07) is 10.9. The second-order valence-electron chi connectivity index (χ2n) is 7.21. The largest absolute Gasteiger partial charge is 0.481 e. The Morgan fingerprint density at radius 1 is 1.23 bits per heavy atom. The summed E-state index contributed by atoms with van der Waals surface area (Å²) in [5.41, 5.74) is 3.97. The number of terminal acetylenes is 1. The molecule has 30 heavy (non-hydrogen) atoms. The van der Waals surface area contributed by atoms with E-state index in [0.29, 0.717) is 23.7 Å². The van der Waals surface area contributed by atoms with Crippen LogP contribution in [-0.4, -0.2) is 37.5 Å². The second-order valence-corrected chi connectivity index (χ2v) is 7.21. The Labute approximate surface area is 173 Å². The number of esters is 1. The van der Waals surface area contributed by atoms with Crippen molar-refractivity contribution in [1.82, 2.24) is 10.3 Å². The average molecular weight is 404 g/mol. The van der Waals surface area contributed by atoms with E-state index in [4.69, 9.17) is 25.4 Å². The smallest absolute Gasteiger partial charge is 0.323 e. The van der Waals surface area contributed by atoms with E-state index in [1.807, 2.05) is 36.4 Å². The van der Waals surface area contributed by atoms with Gasteiger partial charge in [0.25, 0.3) is 0 Å². The molecule has 0 saturated carbocycles. The highest BCUT2D eigenvalue weighted by molar-refractivity contribution is 5.88. The van der Waals surface area contributed by atoms with Gasteiger partial charge in [0.15, 0.2) is 11.5 Å². The molecule has 0 radical (unpaired) electrons. The Hall–Kier alpha value is -3.63. The summed E-state index contributed by atoms with van der Waals surface area (Å²) >= 11 is 0. The lowest BCUT2D eigenvalue weighted by molar-refractivity contribution is -0.143. The highest BCUT2D eigenvalue weighted by Crippen LogP contribution is 2.40. The summed E-state index contributed by atoms with van der Waals surface area (Å²) in [5, 5.41) is 4.42. The topological polar surface area (TPSA) is 81.8 Å². The second kappa shape index (κ2) is 7.32. The molecule has 3 aromatic rings. The molecule has 2 N–H and O–H groups in total. The Kier molecular flexibility index (Phi) is 4.49. The van der Waals surface area contributed by atoms with Gasteiger partial charge < -0.3 is 23.9 Å². The predicted octanol–water partition coefficient (Wildman–Crippen LogP) is 2.69. The van der Waals surface area contributed by atoms with Gasteiger partial charge in [-0.15, -0.1) is 6.42 Å². The Morgan fingerprint density at radius 3 is 2.93 bits per heavy atom. The molecule has 0 saturated heterocycles. The number of methoxy groups -OCH3 is 1. The molecule has 0 spiro atoms. The molecule has 152 valence electrons. The van der Waals surface area contributed by atoms with Gasteiger partial charge in [0, 0.05) is 23.0 Å². The van der Waals surface area contributed by atoms with E-state index in [1.54, 1.807) is 0 Å². The van der Waals surface area contributed by atoms with Crippen molar-refractivity contribution in [2.75, 3.05) is 20.5 Å². The first-order valence-corrected chi connectivity index (χ1v) is 9.62. The fraction of sp³-hybridized carbons (Fsp3) is 0.261. The van der Waals surface area contributed by atoms with Crippen molar-refractivity contribution in [3.63, 3.8) is 0 Å². The number of benzene rings is 2. The fourth-order valence-electron chi connectivity index (χ4n) is 4.13. The molecular formula is C23H20N2O5. The number of hydrogen-bond donors (Lipinski definition) is 2. The molecule has 2 aliphatic heterocycles. The highest BCUT2D eigenvalue weighted by Gasteiger charge is 2.35. The first kappa shape index (κ1) is 18.4. The Morgan fingerprint density at radius 2 is 2.10 bits per heavy atom. The molecule has 0 amide bonds. The molecule has 0 fully saturated rings. The molecule has 7 nitrogen and oxygen atoms in total. The molecule has 7 heteroatoms. The van der Waals surface area contributed by atoms with E-state index in [-0.39, 0.29) is 25.4 Å². The van der Waals surface area contributed by atoms with Gasteiger partial charge in [-0.3, -0.25) is 10.1 Å². The first-order valence-electron chi connectivity index (χ1n) is 9.62. The third-order valence-electron chi connectivity index (χ3n) is 5.51. The van der Waals surface area contributed by atoms with Crippen molar-refractivity contribution >= 4 is 16.9 Å². The van der Waals surface area contributed by atoms with Gasteiger partial charge in [-0.1, -0.05) is 12.0 Å². The number of carbonyl (C=O) groups excluding carboxylic acids is 1. The summed E-state index contributed by atoms with van der Waals surface area (Å²) in [5.74, 6) is 4.27. The monoisotopic (exact) mass is 404 g/mol. The van der Waals surface area contributed by atoms with Crippen LogP contribution in [0.4, 0.5) is 0 Å². The van der Waals surface area contributed by atoms with Crippen LogP contribution in [0.1, 0.15) is 22.9 Å². The summed E-state index contributed by atoms with van der Waals surface area (Å²) < 4.78 is 21.6. The van der Waals surface area contributed by atoms with Crippen LogP contribution in [0.5, 0.6) is 17.2 Å². The summed E-state index contributed by atoms with van der Waals surface area (Å²) in [6.07, 6.45) is 5.81. The SMILES string of the molecule is C#CCOc1ccc2[nH]c3c(c2c1)C[C@@H](C(=O)OC)N[C@H]3c1ccc2c(c1)OCO2. The molecule has 0 unspecified atom stereocenters. The number of rotatable bonds is 4. The van der Waals surface area contributed by atoms with Crippen molar-refractivity contribution in [3.8, 4) is 29.6 Å². The normalized spacial score (nSPS) is 19.2. The number of aromatic nitrogens is 1. The molecule has 5 rings (SSSR count). The number of carbonyl (C=O) groups is 1. The van der Waals surface area contributed by atoms with Crippen LogP contribution in [0.15, 0.2) is 36.4 Å². The third kappa shape index (κ3) is 3.02. The maximum absolute atomic E-state index is 12.4. The minimum absolute atomic E-state index is 0.199. The van der Waals surface area contributed by atoms with Gasteiger partial charge in [0.2, 0.25) is 6.79 Å². The van der Waals surface area contributed by atoms with Crippen molar-refractivity contribution < 1.29 is 23.7 Å². The number of aromatic amines is 1. The molecule has 0 aliphatic carbocycles. The first-order chi connectivity index (χ1) is 14.7. The summed E-state index contributed by atoms with van der Waals surface area (Å²) in [4.78, 5) is 15.9. The zero-order valence-electron chi connectivity index (χ0n) is 16.4. The number of nitrogens with one attached hydrogen (secondary N) is 2. The van der Waals surface area contributed by atoms with Gasteiger partial charge in [-0.2, -0.15) is 0 Å². The van der Waals surface area contributed by atoms with Crippen molar-refractivity contribution in [2.45, 2.75) is 18.5 Å².